The van der Waals surface area contributed by atoms with Gasteiger partial charge in [0.2, 0.25) is 0 Å². The second-order valence-corrected chi connectivity index (χ2v) is 4.52. The highest BCUT2D eigenvalue weighted by molar-refractivity contribution is 7.79. The van der Waals surface area contributed by atoms with Gasteiger partial charge in [-0.25, -0.2) is 4.79 Å². The van der Waals surface area contributed by atoms with Crippen molar-refractivity contribution in [1.82, 2.24) is 0 Å². The van der Waals surface area contributed by atoms with Crippen molar-refractivity contribution in [3.05, 3.63) is 35.4 Å². The summed E-state index contributed by atoms with van der Waals surface area (Å²) in [6.07, 6.45) is 1.12. The summed E-state index contributed by atoms with van der Waals surface area (Å²) >= 11 is -2.29. The molecule has 0 aliphatic heterocycles. The van der Waals surface area contributed by atoms with E-state index in [0.29, 0.717) is 18.4 Å². The van der Waals surface area contributed by atoms with Crippen molar-refractivity contribution < 1.29 is 18.7 Å². The molecule has 0 aromatic heterocycles. The van der Waals surface area contributed by atoms with Gasteiger partial charge in [0.1, 0.15) is 0 Å². The summed E-state index contributed by atoms with van der Waals surface area (Å²) in [7, 11) is 0. The zero-order valence-electron chi connectivity index (χ0n) is 8.88. The molecular formula is C11H13O4S-. The van der Waals surface area contributed by atoms with E-state index in [1.54, 1.807) is 18.2 Å². The highest BCUT2D eigenvalue weighted by Gasteiger charge is 2.18. The van der Waals surface area contributed by atoms with Crippen LogP contribution in [0.3, 0.4) is 0 Å². The summed E-state index contributed by atoms with van der Waals surface area (Å²) < 4.78 is 22.1. The second kappa shape index (κ2) is 5.77. The third kappa shape index (κ3) is 2.90. The summed E-state index contributed by atoms with van der Waals surface area (Å²) in [5, 5.41) is 8.22. The Balaban J connectivity index is 3.17. The maximum atomic E-state index is 11.1. The molecule has 0 aliphatic carbocycles. The molecule has 0 bridgehead atoms. The molecule has 1 N–H and O–H groups in total. The van der Waals surface area contributed by atoms with Gasteiger partial charge in [-0.2, -0.15) is 0 Å². The number of benzene rings is 1. The molecular weight excluding hydrogens is 228 g/mol. The second-order valence-electron chi connectivity index (χ2n) is 3.43. The van der Waals surface area contributed by atoms with Crippen LogP contribution in [0.5, 0.6) is 0 Å². The van der Waals surface area contributed by atoms with Gasteiger partial charge in [0, 0.05) is 5.25 Å². The van der Waals surface area contributed by atoms with Crippen LogP contribution in [0.25, 0.3) is 0 Å². The number of carboxylic acid groups (broad SMARTS) is 1. The molecule has 0 aliphatic rings. The maximum absolute atomic E-state index is 11.1. The molecule has 0 saturated carbocycles. The summed E-state index contributed by atoms with van der Waals surface area (Å²) in [6, 6.07) is 6.22. The fourth-order valence-electron chi connectivity index (χ4n) is 1.59. The van der Waals surface area contributed by atoms with Gasteiger partial charge in [-0.05, 0) is 29.1 Å². The summed E-state index contributed by atoms with van der Waals surface area (Å²) in [5.41, 5.74) is 0.426. The quantitative estimate of drug-likeness (QED) is 0.801. The first-order chi connectivity index (χ1) is 7.57. The molecule has 0 radical (unpaired) electrons. The normalized spacial score (nSPS) is 14.4. The van der Waals surface area contributed by atoms with Crippen LogP contribution in [-0.2, 0) is 11.1 Å². The highest BCUT2D eigenvalue weighted by Crippen LogP contribution is 2.27. The lowest BCUT2D eigenvalue weighted by Crippen LogP contribution is -2.11. The maximum Gasteiger partial charge on any atom is 0.336 e. The lowest BCUT2D eigenvalue weighted by atomic mass is 10.0. The van der Waals surface area contributed by atoms with E-state index in [0.717, 1.165) is 0 Å². The van der Waals surface area contributed by atoms with E-state index in [1.807, 2.05) is 6.92 Å². The highest BCUT2D eigenvalue weighted by atomic mass is 32.2. The Morgan fingerprint density at radius 3 is 2.62 bits per heavy atom. The minimum atomic E-state index is -2.29. The SMILES string of the molecule is CCCC(c1ccccc1C(=O)O)S(=O)[O-]. The van der Waals surface area contributed by atoms with Crippen molar-refractivity contribution in [3.63, 3.8) is 0 Å². The van der Waals surface area contributed by atoms with E-state index in [9.17, 15) is 13.6 Å². The summed E-state index contributed by atoms with van der Waals surface area (Å²) in [5.74, 6) is -1.10. The molecule has 88 valence electrons. The van der Waals surface area contributed by atoms with Crippen LogP contribution in [0.2, 0.25) is 0 Å². The number of hydrogen-bond donors (Lipinski definition) is 1. The van der Waals surface area contributed by atoms with Crippen LogP contribution < -0.4 is 0 Å². The fraction of sp³-hybridized carbons (Fsp3) is 0.364. The molecule has 1 aromatic rings. The minimum absolute atomic E-state index is 0.0603. The predicted octanol–water partition coefficient (Wildman–Crippen LogP) is 2.11. The Kier molecular flexibility index (Phi) is 4.64. The number of carboxylic acids is 1. The molecule has 0 fully saturated rings. The first-order valence-corrected chi connectivity index (χ1v) is 6.12. The topological polar surface area (TPSA) is 77.4 Å². The molecule has 4 nitrogen and oxygen atoms in total. The standard InChI is InChI=1S/C11H14O4S/c1-2-5-10(16(14)15)8-6-3-4-7-9(8)11(12)13/h3-4,6-7,10H,2,5H2,1H3,(H,12,13)(H,14,15)/p-1. The zero-order chi connectivity index (χ0) is 12.1. The third-order valence-electron chi connectivity index (χ3n) is 2.32. The lowest BCUT2D eigenvalue weighted by Gasteiger charge is -2.21. The Labute approximate surface area is 96.6 Å². The van der Waals surface area contributed by atoms with Crippen LogP contribution in [-0.4, -0.2) is 19.8 Å². The van der Waals surface area contributed by atoms with E-state index in [4.69, 9.17) is 5.11 Å². The van der Waals surface area contributed by atoms with Crippen molar-refractivity contribution in [3.8, 4) is 0 Å². The monoisotopic (exact) mass is 241 g/mol. The predicted molar refractivity (Wildman–Crippen MR) is 60.0 cm³/mol. The minimum Gasteiger partial charge on any atom is -0.772 e. The first kappa shape index (κ1) is 12.9. The molecule has 0 spiro atoms. The van der Waals surface area contributed by atoms with Crippen LogP contribution in [0.4, 0.5) is 0 Å². The van der Waals surface area contributed by atoms with E-state index >= 15 is 0 Å². The number of rotatable bonds is 5. The Bertz CT molecular complexity index is 403. The van der Waals surface area contributed by atoms with Crippen molar-refractivity contribution >= 4 is 17.0 Å². The number of carbonyl (C=O) groups is 1. The van der Waals surface area contributed by atoms with Gasteiger partial charge in [-0.15, -0.1) is 0 Å². The van der Waals surface area contributed by atoms with Crippen molar-refractivity contribution in [2.45, 2.75) is 25.0 Å². The van der Waals surface area contributed by atoms with E-state index in [2.05, 4.69) is 0 Å². The molecule has 1 aromatic carbocycles. The number of hydrogen-bond acceptors (Lipinski definition) is 3. The fourth-order valence-corrected chi connectivity index (χ4v) is 2.43. The smallest absolute Gasteiger partial charge is 0.336 e. The average Bonchev–Trinajstić information content (AvgIpc) is 2.25. The van der Waals surface area contributed by atoms with Crippen molar-refractivity contribution in [2.24, 2.45) is 0 Å². The van der Waals surface area contributed by atoms with E-state index < -0.39 is 22.3 Å². The zero-order valence-corrected chi connectivity index (χ0v) is 9.70. The molecule has 0 saturated heterocycles. The van der Waals surface area contributed by atoms with E-state index in [1.165, 1.54) is 6.07 Å². The van der Waals surface area contributed by atoms with E-state index in [-0.39, 0.29) is 5.56 Å². The Morgan fingerprint density at radius 2 is 2.12 bits per heavy atom. The van der Waals surface area contributed by atoms with Gasteiger partial charge in [0.05, 0.1) is 5.56 Å². The van der Waals surface area contributed by atoms with Gasteiger partial charge in [-0.3, -0.25) is 4.21 Å². The molecule has 2 unspecified atom stereocenters. The van der Waals surface area contributed by atoms with Gasteiger partial charge in [0.25, 0.3) is 0 Å². The lowest BCUT2D eigenvalue weighted by molar-refractivity contribution is 0.0695. The molecule has 2 atom stereocenters. The third-order valence-corrected chi connectivity index (χ3v) is 3.28. The van der Waals surface area contributed by atoms with Crippen LogP contribution in [0.15, 0.2) is 24.3 Å². The molecule has 0 heterocycles. The van der Waals surface area contributed by atoms with Crippen molar-refractivity contribution in [1.29, 1.82) is 0 Å². The Morgan fingerprint density at radius 1 is 1.50 bits per heavy atom. The largest absolute Gasteiger partial charge is 0.772 e. The Hall–Kier alpha value is -1.20. The van der Waals surface area contributed by atoms with Crippen LogP contribution >= 0.6 is 0 Å². The van der Waals surface area contributed by atoms with Crippen molar-refractivity contribution in [2.75, 3.05) is 0 Å². The van der Waals surface area contributed by atoms with Gasteiger partial charge < -0.3 is 9.66 Å². The van der Waals surface area contributed by atoms with Gasteiger partial charge >= 0.3 is 5.97 Å². The van der Waals surface area contributed by atoms with Gasteiger partial charge in [-0.1, -0.05) is 31.5 Å². The first-order valence-electron chi connectivity index (χ1n) is 4.98. The average molecular weight is 241 g/mol. The summed E-state index contributed by atoms with van der Waals surface area (Å²) in [6.45, 7) is 1.86. The molecule has 1 rings (SSSR count). The molecule has 0 amide bonds. The van der Waals surface area contributed by atoms with Gasteiger partial charge in [0.15, 0.2) is 0 Å². The van der Waals surface area contributed by atoms with Crippen LogP contribution in [0, 0.1) is 0 Å². The molecule has 16 heavy (non-hydrogen) atoms. The van der Waals surface area contributed by atoms with Crippen LogP contribution in [0.1, 0.15) is 40.9 Å². The number of aromatic carboxylic acids is 1. The molecule has 5 heteroatoms. The summed E-state index contributed by atoms with van der Waals surface area (Å²) in [4.78, 5) is 11.0.